The van der Waals surface area contributed by atoms with Gasteiger partial charge in [0.25, 0.3) is 11.4 Å². The van der Waals surface area contributed by atoms with Crippen molar-refractivity contribution in [2.24, 2.45) is 11.8 Å². The van der Waals surface area contributed by atoms with Crippen molar-refractivity contribution in [3.8, 4) is 0 Å². The lowest BCUT2D eigenvalue weighted by molar-refractivity contribution is -0.388. The van der Waals surface area contributed by atoms with Crippen LogP contribution in [0.2, 0.25) is 0 Å². The van der Waals surface area contributed by atoms with Crippen LogP contribution in [0, 0.1) is 37.9 Å². The number of aliphatic hydroxyl groups is 1. The van der Waals surface area contributed by atoms with Gasteiger partial charge in [-0.25, -0.2) is 4.39 Å². The van der Waals surface area contributed by atoms with Crippen molar-refractivity contribution in [2.75, 3.05) is 22.1 Å². The van der Waals surface area contributed by atoms with Crippen molar-refractivity contribution in [3.63, 3.8) is 0 Å². The Morgan fingerprint density at radius 3 is 1.23 bits per heavy atom. The molecule has 4 aliphatic heterocycles. The molecule has 6 fully saturated rings. The van der Waals surface area contributed by atoms with E-state index in [-0.39, 0.29) is 30.4 Å². The SMILES string of the molecule is C1CC2CCC1C2.CCO.Nc1ccc(N2C3CCC2CC3)cc1C(F)(F)F.O=[N+]([O-])c1ccc(F)cc1C(F)(F)F.O=[N+]([O-])c1ccc(N2C3CCC2CC3)cc1C(F)(F)F. The number of nitrogen functional groups attached to an aromatic ring is 1. The van der Waals surface area contributed by atoms with Crippen LogP contribution >= 0.6 is 0 Å². The molecule has 342 valence electrons. The topological polar surface area (TPSA) is 139 Å². The molecule has 62 heavy (non-hydrogen) atoms. The molecule has 0 amide bonds. The zero-order valence-corrected chi connectivity index (χ0v) is 33.8. The van der Waals surface area contributed by atoms with E-state index in [1.165, 1.54) is 30.0 Å². The van der Waals surface area contributed by atoms with Gasteiger partial charge in [-0.05, 0) is 119 Å². The maximum atomic E-state index is 13.0. The third-order valence-electron chi connectivity index (χ3n) is 12.4. The molecule has 3 aromatic carbocycles. The standard InChI is InChI=1S/C13H13F3N2O2.C13H15F3N2.C7H3F4NO2.C7H12.C2H6O/c14-13(15,16)11-7-10(5-6-12(11)18(19)20)17-8-1-2-9(17)4-3-8;14-13(15,16)11-7-10(5-6-12(11)17)18-8-1-2-9(18)4-3-8;8-4-1-2-6(12(13)14)5(3-4)7(9,10)11;1-2-7-4-3-6(1)5-7;1-2-3/h5-9H,1-4H2;5-9H,1-4,17H2;1-3H;6-7H,1-5H2;3H,2H2,1H3. The van der Waals surface area contributed by atoms with E-state index < -0.39 is 62.3 Å². The third kappa shape index (κ3) is 11.6. The second-order valence-electron chi connectivity index (χ2n) is 16.3. The van der Waals surface area contributed by atoms with Crippen LogP contribution in [0.4, 0.5) is 72.3 Å². The molecule has 0 atom stereocenters. The largest absolute Gasteiger partial charge is 0.423 e. The predicted molar refractivity (Wildman–Crippen MR) is 212 cm³/mol. The third-order valence-corrected chi connectivity index (χ3v) is 12.4. The van der Waals surface area contributed by atoms with E-state index in [0.29, 0.717) is 35.6 Å². The van der Waals surface area contributed by atoms with Crippen LogP contribution in [0.15, 0.2) is 54.6 Å². The zero-order chi connectivity index (χ0) is 45.7. The van der Waals surface area contributed by atoms with Gasteiger partial charge in [0.05, 0.1) is 15.4 Å². The van der Waals surface area contributed by atoms with Crippen LogP contribution < -0.4 is 15.5 Å². The molecule has 3 aromatic rings. The Kier molecular flexibility index (Phi) is 15.3. The lowest BCUT2D eigenvalue weighted by atomic mass is 10.0. The summed E-state index contributed by atoms with van der Waals surface area (Å²) in [6, 6.07) is 10.2. The molecule has 0 radical (unpaired) electrons. The smallest absolute Gasteiger partial charge is 0.398 e. The monoisotopic (exact) mass is 893 g/mol. The summed E-state index contributed by atoms with van der Waals surface area (Å²) in [7, 11) is 0. The molecule has 9 rings (SSSR count). The number of nitro groups is 2. The Hall–Kier alpha value is -4.88. The molecule has 0 aromatic heterocycles. The van der Waals surface area contributed by atoms with E-state index in [1.54, 1.807) is 45.1 Å². The normalized spacial score (nSPS) is 24.3. The molecule has 2 saturated carbocycles. The van der Waals surface area contributed by atoms with Gasteiger partial charge >= 0.3 is 18.5 Å². The van der Waals surface area contributed by atoms with E-state index in [9.17, 15) is 64.1 Å². The highest BCUT2D eigenvalue weighted by molar-refractivity contribution is 5.62. The minimum atomic E-state index is -4.93. The van der Waals surface area contributed by atoms with Gasteiger partial charge in [0.1, 0.15) is 16.9 Å². The number of anilines is 3. The maximum absolute atomic E-state index is 13.0. The van der Waals surface area contributed by atoms with Crippen molar-refractivity contribution in [3.05, 3.63) is 97.3 Å². The highest BCUT2D eigenvalue weighted by Crippen LogP contribution is 2.46. The first kappa shape index (κ1) is 48.2. The average molecular weight is 894 g/mol. The molecule has 0 spiro atoms. The molecule has 4 saturated heterocycles. The number of nitro benzene ring substituents is 2. The Balaban J connectivity index is 0.000000159. The number of benzene rings is 3. The number of hydrogen-bond acceptors (Lipinski definition) is 8. The number of rotatable bonds is 4. The van der Waals surface area contributed by atoms with E-state index >= 15 is 0 Å². The number of nitrogens with two attached hydrogens (primary N) is 1. The van der Waals surface area contributed by atoms with Crippen LogP contribution in [-0.4, -0.2) is 45.7 Å². The minimum Gasteiger partial charge on any atom is -0.398 e. The lowest BCUT2D eigenvalue weighted by Crippen LogP contribution is -2.28. The Bertz CT molecular complexity index is 1970. The van der Waals surface area contributed by atoms with Gasteiger partial charge in [-0.1, -0.05) is 25.7 Å². The molecular formula is C42H49F10N5O5. The van der Waals surface area contributed by atoms with Gasteiger partial charge < -0.3 is 20.6 Å². The summed E-state index contributed by atoms with van der Waals surface area (Å²) in [5.74, 6) is 1.18. The molecule has 6 aliphatic rings. The molecule has 4 heterocycles. The summed E-state index contributed by atoms with van der Waals surface area (Å²) >= 11 is 0. The van der Waals surface area contributed by atoms with Crippen molar-refractivity contribution in [1.29, 1.82) is 0 Å². The molecule has 2 aliphatic carbocycles. The van der Waals surface area contributed by atoms with Crippen LogP contribution in [-0.2, 0) is 18.5 Å². The maximum Gasteiger partial charge on any atom is 0.423 e. The summed E-state index contributed by atoms with van der Waals surface area (Å²) < 4.78 is 126. The van der Waals surface area contributed by atoms with Crippen molar-refractivity contribution in [2.45, 2.75) is 133 Å². The first-order chi connectivity index (χ1) is 29.0. The molecule has 6 bridgehead atoms. The van der Waals surface area contributed by atoms with E-state index in [0.717, 1.165) is 63.5 Å². The first-order valence-corrected chi connectivity index (χ1v) is 20.5. The quantitative estimate of drug-likeness (QED) is 0.114. The summed E-state index contributed by atoms with van der Waals surface area (Å²) in [5.41, 5.74) is 0.850. The molecule has 3 N–H and O–H groups in total. The number of aliphatic hydroxyl groups excluding tert-OH is 1. The fourth-order valence-corrected chi connectivity index (χ4v) is 9.76. The minimum absolute atomic E-state index is 0.0954. The van der Waals surface area contributed by atoms with E-state index in [2.05, 4.69) is 4.90 Å². The van der Waals surface area contributed by atoms with Crippen LogP contribution in [0.3, 0.4) is 0 Å². The van der Waals surface area contributed by atoms with E-state index in [1.807, 2.05) is 4.90 Å². The number of nitrogens with zero attached hydrogens (tertiary/aromatic N) is 4. The van der Waals surface area contributed by atoms with Gasteiger partial charge in [-0.3, -0.25) is 20.2 Å². The van der Waals surface area contributed by atoms with Crippen molar-refractivity contribution >= 4 is 28.4 Å². The number of hydrogen-bond donors (Lipinski definition) is 2. The van der Waals surface area contributed by atoms with Crippen LogP contribution in [0.25, 0.3) is 0 Å². The highest BCUT2D eigenvalue weighted by Gasteiger charge is 2.44. The number of fused-ring (bicyclic) bond motifs is 6. The molecule has 10 nitrogen and oxygen atoms in total. The Morgan fingerprint density at radius 2 is 0.903 bits per heavy atom. The second kappa shape index (κ2) is 19.7. The van der Waals surface area contributed by atoms with Gasteiger partial charge in [0.15, 0.2) is 0 Å². The Labute approximate surface area is 351 Å². The fourth-order valence-electron chi connectivity index (χ4n) is 9.76. The number of alkyl halides is 9. The summed E-state index contributed by atoms with van der Waals surface area (Å²) in [6.45, 7) is 1.93. The van der Waals surface area contributed by atoms with Gasteiger partial charge in [0, 0.05) is 60.0 Å². The van der Waals surface area contributed by atoms with Crippen LogP contribution in [0.1, 0.15) is 107 Å². The zero-order valence-electron chi connectivity index (χ0n) is 33.8. The summed E-state index contributed by atoms with van der Waals surface area (Å²) in [4.78, 5) is 22.9. The highest BCUT2D eigenvalue weighted by atomic mass is 19.4. The van der Waals surface area contributed by atoms with Gasteiger partial charge in [-0.15, -0.1) is 0 Å². The van der Waals surface area contributed by atoms with Crippen molar-refractivity contribution in [1.82, 2.24) is 0 Å². The molecule has 0 unspecified atom stereocenters. The Morgan fingerprint density at radius 1 is 0.581 bits per heavy atom. The van der Waals surface area contributed by atoms with Gasteiger partial charge in [-0.2, -0.15) is 39.5 Å². The second-order valence-corrected chi connectivity index (χ2v) is 16.3. The van der Waals surface area contributed by atoms with Gasteiger partial charge in [0.2, 0.25) is 0 Å². The van der Waals surface area contributed by atoms with Crippen LogP contribution in [0.5, 0.6) is 0 Å². The fraction of sp³-hybridized carbons (Fsp3) is 0.571. The molecule has 20 heteroatoms. The van der Waals surface area contributed by atoms with Crippen molar-refractivity contribution < 1.29 is 58.9 Å². The predicted octanol–water partition coefficient (Wildman–Crippen LogP) is 12.1. The lowest BCUT2D eigenvalue weighted by Gasteiger charge is -2.25. The molecular weight excluding hydrogens is 844 g/mol. The average Bonchev–Trinajstić information content (AvgIpc) is 4.08. The first-order valence-electron chi connectivity index (χ1n) is 20.5. The number of halogens is 10. The summed E-state index contributed by atoms with van der Waals surface area (Å²) in [6.07, 6.45) is 2.14. The summed E-state index contributed by atoms with van der Waals surface area (Å²) in [5, 5.41) is 28.5. The van der Waals surface area contributed by atoms with E-state index in [4.69, 9.17) is 10.8 Å².